The van der Waals surface area contributed by atoms with Crippen LogP contribution in [0.25, 0.3) is 0 Å². The Bertz CT molecular complexity index is 584. The zero-order chi connectivity index (χ0) is 16.0. The van der Waals surface area contributed by atoms with Gasteiger partial charge in [0.05, 0.1) is 6.54 Å². The van der Waals surface area contributed by atoms with Gasteiger partial charge < -0.3 is 15.5 Å². The molecule has 0 saturated carbocycles. The van der Waals surface area contributed by atoms with Gasteiger partial charge in [0.15, 0.2) is 0 Å². The first kappa shape index (κ1) is 17.6. The fraction of sp³-hybridized carbons (Fsp3) is 0.455. The maximum absolute atomic E-state index is 12.1. The van der Waals surface area contributed by atoms with E-state index in [1.165, 1.54) is 13.1 Å². The minimum absolute atomic E-state index is 0.0999. The molecule has 10 heteroatoms. The highest BCUT2D eigenvalue weighted by atomic mass is 32.2. The normalized spacial score (nSPS) is 13.1. The summed E-state index contributed by atoms with van der Waals surface area (Å²) in [6.07, 6.45) is -0.150. The molecule has 0 spiro atoms. The highest BCUT2D eigenvalue weighted by molar-refractivity contribution is 7.91. The second-order valence-electron chi connectivity index (χ2n) is 4.16. The largest absolute Gasteiger partial charge is 0.480 e. The minimum atomic E-state index is -3.76. The number of likely N-dealkylation sites (N-methyl/N-ethyl adjacent to an activating group) is 1. The summed E-state index contributed by atoms with van der Waals surface area (Å²) in [4.78, 5) is 22.5. The molecular formula is C11H16N2O6S2. The zero-order valence-electron chi connectivity index (χ0n) is 11.2. The minimum Gasteiger partial charge on any atom is -0.480 e. The molecule has 0 aliphatic rings. The van der Waals surface area contributed by atoms with Crippen LogP contribution in [0.2, 0.25) is 0 Å². The molecule has 1 amide bonds. The molecule has 0 saturated heterocycles. The number of sulfonamides is 1. The molecule has 1 aromatic rings. The molecule has 0 radical (unpaired) electrons. The topological polar surface area (TPSA) is 124 Å². The first-order chi connectivity index (χ1) is 9.78. The molecule has 3 N–H and O–H groups in total. The van der Waals surface area contributed by atoms with Gasteiger partial charge in [-0.25, -0.2) is 13.2 Å². The Labute approximate surface area is 126 Å². The van der Waals surface area contributed by atoms with Gasteiger partial charge in [-0.05, 0) is 11.4 Å². The second kappa shape index (κ2) is 7.50. The van der Waals surface area contributed by atoms with E-state index in [1.807, 2.05) is 0 Å². The summed E-state index contributed by atoms with van der Waals surface area (Å²) in [5, 5.41) is 21.3. The van der Waals surface area contributed by atoms with Crippen LogP contribution >= 0.6 is 11.3 Å². The van der Waals surface area contributed by atoms with E-state index in [2.05, 4.69) is 5.32 Å². The van der Waals surface area contributed by atoms with Crippen LogP contribution < -0.4 is 5.32 Å². The number of nitrogens with one attached hydrogen (secondary N) is 1. The van der Waals surface area contributed by atoms with Gasteiger partial charge in [-0.1, -0.05) is 6.07 Å². The van der Waals surface area contributed by atoms with E-state index < -0.39 is 41.1 Å². The maximum Gasteiger partial charge on any atom is 0.326 e. The molecule has 0 aromatic carbocycles. The molecule has 0 fully saturated rings. The average molecular weight is 336 g/mol. The number of amides is 1. The number of carbonyl (C=O) groups excluding carboxylic acids is 1. The van der Waals surface area contributed by atoms with E-state index in [0.29, 0.717) is 0 Å². The van der Waals surface area contributed by atoms with E-state index in [1.54, 1.807) is 11.4 Å². The third kappa shape index (κ3) is 4.77. The third-order valence-corrected chi connectivity index (χ3v) is 5.75. The Morgan fingerprint density at radius 1 is 1.48 bits per heavy atom. The number of aliphatic hydroxyl groups is 1. The standard InChI is InChI=1S/C11H16N2O6S2/c1-13(21(18,19)10-3-2-6-20-10)7-9(15)12-8(4-5-14)11(16)17/h2-3,6,8,14H,4-5,7H2,1H3,(H,12,15)(H,16,17)/t8-/m0/s1. The number of carboxylic acids is 1. The second-order valence-corrected chi connectivity index (χ2v) is 7.38. The van der Waals surface area contributed by atoms with Gasteiger partial charge in [0.2, 0.25) is 5.91 Å². The Balaban J connectivity index is 2.68. The molecule has 21 heavy (non-hydrogen) atoms. The van der Waals surface area contributed by atoms with Crippen LogP contribution in [0, 0.1) is 0 Å². The van der Waals surface area contributed by atoms with Crippen molar-refractivity contribution in [2.75, 3.05) is 20.2 Å². The number of hydrogen-bond acceptors (Lipinski definition) is 6. The Hall–Kier alpha value is -1.49. The van der Waals surface area contributed by atoms with Crippen LogP contribution in [0.5, 0.6) is 0 Å². The molecule has 0 unspecified atom stereocenters. The highest BCUT2D eigenvalue weighted by Crippen LogP contribution is 2.19. The molecule has 0 aliphatic heterocycles. The molecule has 1 aromatic heterocycles. The summed E-state index contributed by atoms with van der Waals surface area (Å²) < 4.78 is 25.1. The van der Waals surface area contributed by atoms with Crippen molar-refractivity contribution in [1.29, 1.82) is 0 Å². The van der Waals surface area contributed by atoms with Crippen LogP contribution in [0.3, 0.4) is 0 Å². The van der Waals surface area contributed by atoms with Crippen molar-refractivity contribution >= 4 is 33.2 Å². The molecular weight excluding hydrogens is 320 g/mol. The van der Waals surface area contributed by atoms with Gasteiger partial charge in [0.25, 0.3) is 10.0 Å². The number of aliphatic carboxylic acids is 1. The SMILES string of the molecule is CN(CC(=O)N[C@@H](CCO)C(=O)O)S(=O)(=O)c1cccs1. The summed E-state index contributed by atoms with van der Waals surface area (Å²) in [7, 11) is -2.53. The summed E-state index contributed by atoms with van der Waals surface area (Å²) >= 11 is 1.02. The van der Waals surface area contributed by atoms with E-state index in [9.17, 15) is 18.0 Å². The predicted molar refractivity (Wildman–Crippen MR) is 75.4 cm³/mol. The number of nitrogens with zero attached hydrogens (tertiary/aromatic N) is 1. The van der Waals surface area contributed by atoms with Crippen LogP contribution in [-0.2, 0) is 19.6 Å². The van der Waals surface area contributed by atoms with Crippen molar-refractivity contribution in [3.8, 4) is 0 Å². The van der Waals surface area contributed by atoms with E-state index in [4.69, 9.17) is 10.2 Å². The Morgan fingerprint density at radius 3 is 2.62 bits per heavy atom. The maximum atomic E-state index is 12.1. The van der Waals surface area contributed by atoms with Crippen molar-refractivity contribution in [2.24, 2.45) is 0 Å². The third-order valence-electron chi connectivity index (χ3n) is 2.58. The lowest BCUT2D eigenvalue weighted by atomic mass is 10.2. The zero-order valence-corrected chi connectivity index (χ0v) is 12.9. The summed E-state index contributed by atoms with van der Waals surface area (Å²) in [6, 6.07) is 1.74. The number of carbonyl (C=O) groups is 2. The van der Waals surface area contributed by atoms with Gasteiger partial charge in [-0.3, -0.25) is 4.79 Å². The van der Waals surface area contributed by atoms with Crippen LogP contribution in [0.15, 0.2) is 21.7 Å². The van der Waals surface area contributed by atoms with E-state index >= 15 is 0 Å². The fourth-order valence-electron chi connectivity index (χ4n) is 1.48. The molecule has 1 atom stereocenters. The Kier molecular flexibility index (Phi) is 6.27. The van der Waals surface area contributed by atoms with Crippen molar-refractivity contribution in [2.45, 2.75) is 16.7 Å². The van der Waals surface area contributed by atoms with Gasteiger partial charge in [-0.2, -0.15) is 4.31 Å². The fourth-order valence-corrected chi connectivity index (χ4v) is 3.81. The monoisotopic (exact) mass is 336 g/mol. The van der Waals surface area contributed by atoms with Gasteiger partial charge in [0.1, 0.15) is 10.3 Å². The molecule has 8 nitrogen and oxygen atoms in total. The lowest BCUT2D eigenvalue weighted by molar-refractivity contribution is -0.142. The summed E-state index contributed by atoms with van der Waals surface area (Å²) in [5.74, 6) is -2.04. The smallest absolute Gasteiger partial charge is 0.326 e. The molecule has 118 valence electrons. The highest BCUT2D eigenvalue weighted by Gasteiger charge is 2.26. The molecule has 0 aliphatic carbocycles. The van der Waals surface area contributed by atoms with Crippen LogP contribution in [0.1, 0.15) is 6.42 Å². The summed E-state index contributed by atoms with van der Waals surface area (Å²) in [6.45, 7) is -0.907. The van der Waals surface area contributed by atoms with Gasteiger partial charge >= 0.3 is 5.97 Å². The first-order valence-electron chi connectivity index (χ1n) is 5.92. The molecule has 0 bridgehead atoms. The van der Waals surface area contributed by atoms with Crippen molar-refractivity contribution in [3.63, 3.8) is 0 Å². The van der Waals surface area contributed by atoms with E-state index in [0.717, 1.165) is 15.6 Å². The first-order valence-corrected chi connectivity index (χ1v) is 8.24. The molecule has 1 rings (SSSR count). The van der Waals surface area contributed by atoms with E-state index in [-0.39, 0.29) is 10.6 Å². The number of rotatable bonds is 8. The quantitative estimate of drug-likeness (QED) is 0.578. The van der Waals surface area contributed by atoms with Gasteiger partial charge in [-0.15, -0.1) is 11.3 Å². The lowest BCUT2D eigenvalue weighted by Crippen LogP contribution is -2.46. The number of aliphatic hydroxyl groups excluding tert-OH is 1. The summed E-state index contributed by atoms with van der Waals surface area (Å²) in [5.41, 5.74) is 0. The number of thiophene rings is 1. The lowest BCUT2D eigenvalue weighted by Gasteiger charge is -2.18. The Morgan fingerprint density at radius 2 is 2.14 bits per heavy atom. The average Bonchev–Trinajstić information content (AvgIpc) is 2.92. The van der Waals surface area contributed by atoms with Gasteiger partial charge in [0, 0.05) is 20.1 Å². The number of carboxylic acid groups (broad SMARTS) is 1. The van der Waals surface area contributed by atoms with Crippen molar-refractivity contribution in [1.82, 2.24) is 9.62 Å². The number of hydrogen-bond donors (Lipinski definition) is 3. The molecule has 1 heterocycles. The van der Waals surface area contributed by atoms with Crippen LogP contribution in [0.4, 0.5) is 0 Å². The predicted octanol–water partition coefficient (Wildman–Crippen LogP) is -0.680. The van der Waals surface area contributed by atoms with Crippen molar-refractivity contribution < 1.29 is 28.2 Å². The van der Waals surface area contributed by atoms with Crippen molar-refractivity contribution in [3.05, 3.63) is 17.5 Å². The van der Waals surface area contributed by atoms with Crippen LogP contribution in [-0.4, -0.2) is 61.1 Å².